The van der Waals surface area contributed by atoms with E-state index < -0.39 is 11.8 Å². The molecule has 0 bridgehead atoms. The zero-order chi connectivity index (χ0) is 13.4. The van der Waals surface area contributed by atoms with Crippen LogP contribution >= 0.6 is 15.9 Å². The summed E-state index contributed by atoms with van der Waals surface area (Å²) in [6, 6.07) is 3.51. The Hall–Kier alpha value is -0.530. The van der Waals surface area contributed by atoms with Crippen LogP contribution < -0.4 is 0 Å². The second kappa shape index (κ2) is 4.86. The molecule has 1 saturated heterocycles. The first-order chi connectivity index (χ1) is 8.30. The van der Waals surface area contributed by atoms with Crippen LogP contribution in [-0.2, 0) is 6.54 Å². The van der Waals surface area contributed by atoms with E-state index in [1.165, 1.54) is 0 Å². The summed E-state index contributed by atoms with van der Waals surface area (Å²) in [6.45, 7) is 0.863. The minimum Gasteiger partial charge on any atom is -0.453 e. The zero-order valence-electron chi connectivity index (χ0n) is 9.50. The Morgan fingerprint density at radius 1 is 1.33 bits per heavy atom. The number of nitrogens with zero attached hydrogens (tertiary/aromatic N) is 1. The lowest BCUT2D eigenvalue weighted by molar-refractivity contribution is -0.273. The maximum Gasteiger partial charge on any atom is 0.417 e. The van der Waals surface area contributed by atoms with Gasteiger partial charge in [-0.2, -0.15) is 13.2 Å². The maximum atomic E-state index is 12.6. The number of hydrogen-bond acceptors (Lipinski definition) is 3. The topological polar surface area (TPSA) is 36.6 Å². The third-order valence-electron chi connectivity index (χ3n) is 3.22. The molecule has 1 aromatic heterocycles. The molecule has 0 atom stereocenters. The van der Waals surface area contributed by atoms with Crippen molar-refractivity contribution in [1.82, 2.24) is 4.90 Å². The molecule has 1 aliphatic heterocycles. The van der Waals surface area contributed by atoms with Gasteiger partial charge in [0.25, 0.3) is 0 Å². The van der Waals surface area contributed by atoms with E-state index in [4.69, 9.17) is 4.42 Å². The summed E-state index contributed by atoms with van der Waals surface area (Å²) in [4.78, 5) is 1.84. The standard InChI is InChI=1S/C11H13BrF3NO2/c12-9-2-1-8(18-9)7-16-5-3-10(17,4-6-16)11(13,14)15/h1-2,17H,3-7H2. The van der Waals surface area contributed by atoms with Crippen molar-refractivity contribution in [3.8, 4) is 0 Å². The van der Waals surface area contributed by atoms with E-state index in [9.17, 15) is 18.3 Å². The molecule has 3 nitrogen and oxygen atoms in total. The molecule has 0 aromatic carbocycles. The van der Waals surface area contributed by atoms with Crippen molar-refractivity contribution in [3.05, 3.63) is 22.6 Å². The smallest absolute Gasteiger partial charge is 0.417 e. The van der Waals surface area contributed by atoms with Gasteiger partial charge in [0.05, 0.1) is 6.54 Å². The Bertz CT molecular complexity index is 411. The lowest BCUT2D eigenvalue weighted by Gasteiger charge is -2.38. The second-order valence-corrected chi connectivity index (χ2v) is 5.29. The lowest BCUT2D eigenvalue weighted by atomic mass is 9.91. The maximum absolute atomic E-state index is 12.6. The van der Waals surface area contributed by atoms with E-state index >= 15 is 0 Å². The van der Waals surface area contributed by atoms with Crippen LogP contribution in [0.3, 0.4) is 0 Å². The van der Waals surface area contributed by atoms with Gasteiger partial charge in [-0.3, -0.25) is 4.90 Å². The monoisotopic (exact) mass is 327 g/mol. The van der Waals surface area contributed by atoms with Crippen LogP contribution in [-0.4, -0.2) is 34.9 Å². The first-order valence-corrected chi connectivity index (χ1v) is 6.35. The molecule has 0 saturated carbocycles. The van der Waals surface area contributed by atoms with Crippen LogP contribution in [0.4, 0.5) is 13.2 Å². The highest BCUT2D eigenvalue weighted by Crippen LogP contribution is 2.38. The molecule has 0 amide bonds. The minimum atomic E-state index is -4.55. The van der Waals surface area contributed by atoms with E-state index in [2.05, 4.69) is 15.9 Å². The van der Waals surface area contributed by atoms with E-state index in [1.807, 2.05) is 4.90 Å². The summed E-state index contributed by atoms with van der Waals surface area (Å²) < 4.78 is 43.7. The van der Waals surface area contributed by atoms with E-state index in [-0.39, 0.29) is 25.9 Å². The molecule has 0 aliphatic carbocycles. The molecule has 1 N–H and O–H groups in total. The molecular formula is C11H13BrF3NO2. The van der Waals surface area contributed by atoms with Gasteiger partial charge in [-0.1, -0.05) is 0 Å². The molecule has 1 aliphatic rings. The molecule has 18 heavy (non-hydrogen) atoms. The predicted molar refractivity (Wildman–Crippen MR) is 61.9 cm³/mol. The van der Waals surface area contributed by atoms with Crippen LogP contribution in [0.1, 0.15) is 18.6 Å². The molecule has 2 rings (SSSR count). The second-order valence-electron chi connectivity index (χ2n) is 4.51. The van der Waals surface area contributed by atoms with Gasteiger partial charge in [-0.05, 0) is 40.9 Å². The van der Waals surface area contributed by atoms with Gasteiger partial charge in [-0.25, -0.2) is 0 Å². The third kappa shape index (κ3) is 2.89. The van der Waals surface area contributed by atoms with Crippen LogP contribution in [0.25, 0.3) is 0 Å². The number of furan rings is 1. The third-order valence-corrected chi connectivity index (χ3v) is 3.65. The van der Waals surface area contributed by atoms with Crippen molar-refractivity contribution < 1.29 is 22.7 Å². The fourth-order valence-electron chi connectivity index (χ4n) is 2.02. The highest BCUT2D eigenvalue weighted by Gasteiger charge is 2.54. The van der Waals surface area contributed by atoms with Gasteiger partial charge in [0.2, 0.25) is 0 Å². The van der Waals surface area contributed by atoms with Crippen molar-refractivity contribution in [2.75, 3.05) is 13.1 Å². The van der Waals surface area contributed by atoms with Crippen molar-refractivity contribution in [2.24, 2.45) is 0 Å². The highest BCUT2D eigenvalue weighted by atomic mass is 79.9. The molecular weight excluding hydrogens is 315 g/mol. The molecule has 1 fully saturated rings. The first kappa shape index (κ1) is 13.9. The summed E-state index contributed by atoms with van der Waals surface area (Å²) >= 11 is 3.17. The summed E-state index contributed by atoms with van der Waals surface area (Å²) in [7, 11) is 0. The van der Waals surface area contributed by atoms with Crippen LogP contribution in [0, 0.1) is 0 Å². The lowest BCUT2D eigenvalue weighted by Crippen LogP contribution is -2.53. The summed E-state index contributed by atoms with van der Waals surface area (Å²) in [5, 5.41) is 9.51. The van der Waals surface area contributed by atoms with Gasteiger partial charge in [0.1, 0.15) is 5.76 Å². The molecule has 2 heterocycles. The summed E-state index contributed by atoms with van der Waals surface area (Å²) in [5.41, 5.74) is -2.53. The molecule has 7 heteroatoms. The van der Waals surface area contributed by atoms with Crippen LogP contribution in [0.5, 0.6) is 0 Å². The van der Waals surface area contributed by atoms with Gasteiger partial charge in [0.15, 0.2) is 10.3 Å². The van der Waals surface area contributed by atoms with Crippen molar-refractivity contribution in [1.29, 1.82) is 0 Å². The Labute approximate surface area is 111 Å². The van der Waals surface area contributed by atoms with Gasteiger partial charge >= 0.3 is 6.18 Å². The average molecular weight is 328 g/mol. The first-order valence-electron chi connectivity index (χ1n) is 5.56. The number of likely N-dealkylation sites (tertiary alicyclic amines) is 1. The highest BCUT2D eigenvalue weighted by molar-refractivity contribution is 9.10. The van der Waals surface area contributed by atoms with E-state index in [0.29, 0.717) is 17.0 Å². The zero-order valence-corrected chi connectivity index (χ0v) is 11.1. The number of aliphatic hydroxyl groups is 1. The molecule has 0 spiro atoms. The number of rotatable bonds is 2. The van der Waals surface area contributed by atoms with Crippen molar-refractivity contribution in [2.45, 2.75) is 31.2 Å². The quantitative estimate of drug-likeness (QED) is 0.907. The number of hydrogen-bond donors (Lipinski definition) is 1. The largest absolute Gasteiger partial charge is 0.453 e. The molecule has 0 radical (unpaired) electrons. The average Bonchev–Trinajstić information content (AvgIpc) is 2.66. The Balaban J connectivity index is 1.91. The van der Waals surface area contributed by atoms with Gasteiger partial charge in [-0.15, -0.1) is 0 Å². The SMILES string of the molecule is OC1(C(F)(F)F)CCN(Cc2ccc(Br)o2)CC1. The van der Waals surface area contributed by atoms with Gasteiger partial charge < -0.3 is 9.52 Å². The van der Waals surface area contributed by atoms with Crippen molar-refractivity contribution >= 4 is 15.9 Å². The number of piperidine rings is 1. The molecule has 1 aromatic rings. The Morgan fingerprint density at radius 2 is 1.94 bits per heavy atom. The predicted octanol–water partition coefficient (Wildman–Crippen LogP) is 2.93. The number of halogens is 4. The summed E-state index contributed by atoms with van der Waals surface area (Å²) in [5.74, 6) is 0.694. The van der Waals surface area contributed by atoms with Crippen LogP contribution in [0.15, 0.2) is 21.2 Å². The normalized spacial score (nSPS) is 21.2. The minimum absolute atomic E-state index is 0.203. The molecule has 102 valence electrons. The van der Waals surface area contributed by atoms with Crippen LogP contribution in [0.2, 0.25) is 0 Å². The molecule has 0 unspecified atom stereocenters. The Kier molecular flexibility index (Phi) is 3.75. The fourth-order valence-corrected chi connectivity index (χ4v) is 2.36. The van der Waals surface area contributed by atoms with Crippen molar-refractivity contribution in [3.63, 3.8) is 0 Å². The fraction of sp³-hybridized carbons (Fsp3) is 0.636. The van der Waals surface area contributed by atoms with E-state index in [1.54, 1.807) is 12.1 Å². The Morgan fingerprint density at radius 3 is 2.39 bits per heavy atom. The number of alkyl halides is 3. The summed E-state index contributed by atoms with van der Waals surface area (Å²) in [6.07, 6.45) is -5.14. The van der Waals surface area contributed by atoms with Gasteiger partial charge in [0, 0.05) is 13.1 Å². The van der Waals surface area contributed by atoms with E-state index in [0.717, 1.165) is 0 Å².